The van der Waals surface area contributed by atoms with Crippen LogP contribution in [0.5, 0.6) is 5.75 Å². The van der Waals surface area contributed by atoms with Gasteiger partial charge in [0.2, 0.25) is 5.13 Å². The number of anilines is 1. The van der Waals surface area contributed by atoms with Gasteiger partial charge in [-0.15, -0.1) is 10.2 Å². The van der Waals surface area contributed by atoms with Crippen LogP contribution in [0.25, 0.3) is 0 Å². The average Bonchev–Trinajstić information content (AvgIpc) is 3.01. The van der Waals surface area contributed by atoms with Crippen LogP contribution in [0.2, 0.25) is 0 Å². The Labute approximate surface area is 141 Å². The van der Waals surface area contributed by atoms with Crippen molar-refractivity contribution in [3.05, 3.63) is 69.6 Å². The molecule has 0 fully saturated rings. The minimum Gasteiger partial charge on any atom is -0.486 e. The molecule has 0 unspecified atom stereocenters. The molecular formula is C16H14BrN3OS. The summed E-state index contributed by atoms with van der Waals surface area (Å²) in [4.78, 5) is 0. The summed E-state index contributed by atoms with van der Waals surface area (Å²) in [5, 5.41) is 13.2. The third kappa shape index (κ3) is 4.29. The van der Waals surface area contributed by atoms with Gasteiger partial charge in [0.1, 0.15) is 12.4 Å². The summed E-state index contributed by atoms with van der Waals surface area (Å²) >= 11 is 4.90. The largest absolute Gasteiger partial charge is 0.486 e. The van der Waals surface area contributed by atoms with Gasteiger partial charge < -0.3 is 10.1 Å². The van der Waals surface area contributed by atoms with E-state index in [2.05, 4.69) is 43.6 Å². The van der Waals surface area contributed by atoms with Gasteiger partial charge in [0.15, 0.2) is 5.01 Å². The second-order valence-corrected chi connectivity index (χ2v) is 6.56. The number of halogens is 1. The third-order valence-corrected chi connectivity index (χ3v) is 4.31. The van der Waals surface area contributed by atoms with Gasteiger partial charge in [0.25, 0.3) is 0 Å². The Hall–Kier alpha value is -1.92. The lowest BCUT2D eigenvalue weighted by Crippen LogP contribution is -1.98. The molecule has 0 bridgehead atoms. The standard InChI is InChI=1S/C16H14BrN3OS/c17-13-6-8-14(9-7-13)21-11-15-19-20-16(22-15)18-10-12-4-2-1-3-5-12/h1-9H,10-11H2,(H,18,20). The van der Waals surface area contributed by atoms with Crippen molar-refractivity contribution in [3.8, 4) is 5.75 Å². The molecule has 0 atom stereocenters. The molecule has 1 aromatic heterocycles. The lowest BCUT2D eigenvalue weighted by molar-refractivity contribution is 0.304. The highest BCUT2D eigenvalue weighted by Crippen LogP contribution is 2.20. The number of hydrogen-bond donors (Lipinski definition) is 1. The van der Waals surface area contributed by atoms with Crippen molar-refractivity contribution in [1.29, 1.82) is 0 Å². The van der Waals surface area contributed by atoms with Crippen LogP contribution in [-0.4, -0.2) is 10.2 Å². The van der Waals surface area contributed by atoms with Crippen molar-refractivity contribution >= 4 is 32.4 Å². The second kappa shape index (κ2) is 7.38. The number of ether oxygens (including phenoxy) is 1. The highest BCUT2D eigenvalue weighted by Gasteiger charge is 2.05. The molecule has 2 aromatic carbocycles. The van der Waals surface area contributed by atoms with E-state index in [4.69, 9.17) is 4.74 Å². The SMILES string of the molecule is Brc1ccc(OCc2nnc(NCc3ccccc3)s2)cc1. The molecule has 0 aliphatic rings. The van der Waals surface area contributed by atoms with Crippen LogP contribution in [0.4, 0.5) is 5.13 Å². The molecule has 4 nitrogen and oxygen atoms in total. The van der Waals surface area contributed by atoms with Crippen molar-refractivity contribution in [2.45, 2.75) is 13.2 Å². The molecule has 0 saturated heterocycles. The summed E-state index contributed by atoms with van der Waals surface area (Å²) in [6.45, 7) is 1.16. The van der Waals surface area contributed by atoms with Gasteiger partial charge in [-0.05, 0) is 29.8 Å². The number of benzene rings is 2. The highest BCUT2D eigenvalue weighted by atomic mass is 79.9. The van der Waals surface area contributed by atoms with Crippen LogP contribution >= 0.6 is 27.3 Å². The number of nitrogens with zero attached hydrogens (tertiary/aromatic N) is 2. The molecule has 22 heavy (non-hydrogen) atoms. The Bertz CT molecular complexity index is 716. The van der Waals surface area contributed by atoms with Crippen LogP contribution in [0, 0.1) is 0 Å². The van der Waals surface area contributed by atoms with Crippen molar-refractivity contribution in [2.24, 2.45) is 0 Å². The predicted molar refractivity (Wildman–Crippen MR) is 92.2 cm³/mol. The molecule has 0 amide bonds. The smallest absolute Gasteiger partial charge is 0.206 e. The fraction of sp³-hybridized carbons (Fsp3) is 0.125. The minimum absolute atomic E-state index is 0.423. The van der Waals surface area contributed by atoms with Crippen molar-refractivity contribution in [3.63, 3.8) is 0 Å². The van der Waals surface area contributed by atoms with Crippen LogP contribution in [0.1, 0.15) is 10.6 Å². The zero-order valence-electron chi connectivity index (χ0n) is 11.7. The molecule has 112 valence electrons. The lowest BCUT2D eigenvalue weighted by atomic mass is 10.2. The maximum absolute atomic E-state index is 5.68. The highest BCUT2D eigenvalue weighted by molar-refractivity contribution is 9.10. The summed E-state index contributed by atoms with van der Waals surface area (Å²) in [5.41, 5.74) is 1.21. The topological polar surface area (TPSA) is 47.0 Å². The monoisotopic (exact) mass is 375 g/mol. The van der Waals surface area contributed by atoms with Crippen LogP contribution in [0.3, 0.4) is 0 Å². The molecule has 0 aliphatic heterocycles. The molecule has 0 radical (unpaired) electrons. The first-order valence-corrected chi connectivity index (χ1v) is 8.39. The van der Waals surface area contributed by atoms with E-state index >= 15 is 0 Å². The minimum atomic E-state index is 0.423. The van der Waals surface area contributed by atoms with E-state index in [-0.39, 0.29) is 0 Å². The summed E-state index contributed by atoms with van der Waals surface area (Å²) < 4.78 is 6.71. The first-order chi connectivity index (χ1) is 10.8. The van der Waals surface area contributed by atoms with Gasteiger partial charge in [-0.1, -0.05) is 57.6 Å². The van der Waals surface area contributed by atoms with E-state index in [1.54, 1.807) is 0 Å². The molecule has 1 heterocycles. The van der Waals surface area contributed by atoms with Crippen molar-refractivity contribution < 1.29 is 4.74 Å². The van der Waals surface area contributed by atoms with Crippen molar-refractivity contribution in [1.82, 2.24) is 10.2 Å². The van der Waals surface area contributed by atoms with E-state index in [9.17, 15) is 0 Å². The maximum Gasteiger partial charge on any atom is 0.206 e. The lowest BCUT2D eigenvalue weighted by Gasteiger charge is -2.03. The Kier molecular flexibility index (Phi) is 5.03. The molecule has 0 spiro atoms. The van der Waals surface area contributed by atoms with Gasteiger partial charge in [-0.3, -0.25) is 0 Å². The quantitative estimate of drug-likeness (QED) is 0.689. The Balaban J connectivity index is 1.51. The predicted octanol–water partition coefficient (Wildman–Crippen LogP) is 4.49. The molecule has 1 N–H and O–H groups in total. The zero-order chi connectivity index (χ0) is 15.2. The van der Waals surface area contributed by atoms with Gasteiger partial charge >= 0.3 is 0 Å². The first-order valence-electron chi connectivity index (χ1n) is 6.78. The van der Waals surface area contributed by atoms with Gasteiger partial charge in [-0.2, -0.15) is 0 Å². The van der Waals surface area contributed by atoms with E-state index in [0.29, 0.717) is 6.61 Å². The number of hydrogen-bond acceptors (Lipinski definition) is 5. The summed E-state index contributed by atoms with van der Waals surface area (Å²) in [6, 6.07) is 17.9. The van der Waals surface area contributed by atoms with Gasteiger partial charge in [-0.25, -0.2) is 0 Å². The van der Waals surface area contributed by atoms with E-state index in [1.807, 2.05) is 42.5 Å². The van der Waals surface area contributed by atoms with Crippen LogP contribution in [-0.2, 0) is 13.2 Å². The van der Waals surface area contributed by atoms with E-state index in [1.165, 1.54) is 16.9 Å². The van der Waals surface area contributed by atoms with E-state index < -0.39 is 0 Å². The molecule has 0 aliphatic carbocycles. The normalized spacial score (nSPS) is 10.4. The Morgan fingerprint density at radius 2 is 1.77 bits per heavy atom. The molecule has 3 aromatic rings. The average molecular weight is 376 g/mol. The Morgan fingerprint density at radius 1 is 1.00 bits per heavy atom. The second-order valence-electron chi connectivity index (χ2n) is 4.58. The molecule has 0 saturated carbocycles. The van der Waals surface area contributed by atoms with Crippen molar-refractivity contribution in [2.75, 3.05) is 5.32 Å². The van der Waals surface area contributed by atoms with Crippen LogP contribution < -0.4 is 10.1 Å². The number of nitrogens with one attached hydrogen (secondary N) is 1. The first kappa shape index (κ1) is 15.0. The molecule has 3 rings (SSSR count). The zero-order valence-corrected chi connectivity index (χ0v) is 14.1. The Morgan fingerprint density at radius 3 is 2.55 bits per heavy atom. The fourth-order valence-corrected chi connectivity index (χ4v) is 2.75. The summed E-state index contributed by atoms with van der Waals surface area (Å²) in [6.07, 6.45) is 0. The number of rotatable bonds is 6. The fourth-order valence-electron chi connectivity index (χ4n) is 1.83. The van der Waals surface area contributed by atoms with Crippen LogP contribution in [0.15, 0.2) is 59.1 Å². The maximum atomic E-state index is 5.68. The number of aromatic nitrogens is 2. The summed E-state index contributed by atoms with van der Waals surface area (Å²) in [7, 11) is 0. The van der Waals surface area contributed by atoms with Gasteiger partial charge in [0.05, 0.1) is 0 Å². The molecular weight excluding hydrogens is 362 g/mol. The molecule has 6 heteroatoms. The summed E-state index contributed by atoms with van der Waals surface area (Å²) in [5.74, 6) is 0.817. The third-order valence-electron chi connectivity index (χ3n) is 2.93. The van der Waals surface area contributed by atoms with Gasteiger partial charge in [0, 0.05) is 11.0 Å². The van der Waals surface area contributed by atoms with E-state index in [0.717, 1.165) is 26.9 Å².